The summed E-state index contributed by atoms with van der Waals surface area (Å²) in [6.45, 7) is 7.22. The monoisotopic (exact) mass is 368 g/mol. The van der Waals surface area contributed by atoms with E-state index in [-0.39, 0.29) is 0 Å². The van der Waals surface area contributed by atoms with Crippen molar-refractivity contribution < 1.29 is 0 Å². The number of nitrogens with zero attached hydrogens (tertiary/aromatic N) is 2. The lowest BCUT2D eigenvalue weighted by atomic mass is 10.0. The van der Waals surface area contributed by atoms with Crippen LogP contribution >= 0.6 is 11.8 Å². The van der Waals surface area contributed by atoms with Gasteiger partial charge in [-0.2, -0.15) is 11.8 Å². The van der Waals surface area contributed by atoms with Gasteiger partial charge < -0.3 is 16.0 Å². The molecule has 1 saturated heterocycles. The SMILES string of the molecule is CC(C)c1cccc(NC(N)=NCc2ccc(N3CCSCC3)cc2)c1. The Labute approximate surface area is 160 Å². The summed E-state index contributed by atoms with van der Waals surface area (Å²) in [7, 11) is 0. The van der Waals surface area contributed by atoms with Gasteiger partial charge in [0.1, 0.15) is 0 Å². The minimum absolute atomic E-state index is 0.447. The van der Waals surface area contributed by atoms with E-state index in [1.54, 1.807) is 0 Å². The maximum absolute atomic E-state index is 6.05. The second-order valence-corrected chi connectivity index (χ2v) is 8.10. The lowest BCUT2D eigenvalue weighted by Crippen LogP contribution is -2.32. The Hall–Kier alpha value is -2.14. The molecule has 4 nitrogen and oxygen atoms in total. The molecular weight excluding hydrogens is 340 g/mol. The fraction of sp³-hybridized carbons (Fsp3) is 0.381. The van der Waals surface area contributed by atoms with Crippen LogP contribution in [0.25, 0.3) is 0 Å². The van der Waals surface area contributed by atoms with Crippen LogP contribution in [0, 0.1) is 0 Å². The number of anilines is 2. The van der Waals surface area contributed by atoms with Gasteiger partial charge in [-0.3, -0.25) is 0 Å². The molecule has 0 radical (unpaired) electrons. The smallest absolute Gasteiger partial charge is 0.193 e. The van der Waals surface area contributed by atoms with Crippen LogP contribution in [0.4, 0.5) is 11.4 Å². The van der Waals surface area contributed by atoms with Crippen molar-refractivity contribution in [2.75, 3.05) is 34.8 Å². The van der Waals surface area contributed by atoms with Crippen LogP contribution in [0.5, 0.6) is 0 Å². The average molecular weight is 369 g/mol. The van der Waals surface area contributed by atoms with Gasteiger partial charge in [-0.25, -0.2) is 4.99 Å². The topological polar surface area (TPSA) is 53.6 Å². The highest BCUT2D eigenvalue weighted by molar-refractivity contribution is 7.99. The number of hydrogen-bond donors (Lipinski definition) is 2. The number of hydrogen-bond acceptors (Lipinski definition) is 3. The van der Waals surface area contributed by atoms with E-state index in [2.05, 4.69) is 65.5 Å². The lowest BCUT2D eigenvalue weighted by Gasteiger charge is -2.28. The number of nitrogens with two attached hydrogens (primary N) is 1. The van der Waals surface area contributed by atoms with Crippen molar-refractivity contribution in [3.63, 3.8) is 0 Å². The molecule has 2 aromatic carbocycles. The van der Waals surface area contributed by atoms with Crippen molar-refractivity contribution in [2.24, 2.45) is 10.7 Å². The van der Waals surface area contributed by atoms with Crippen molar-refractivity contribution in [3.05, 3.63) is 59.7 Å². The molecule has 0 unspecified atom stereocenters. The Balaban J connectivity index is 1.57. The molecule has 2 aromatic rings. The van der Waals surface area contributed by atoms with Gasteiger partial charge in [-0.1, -0.05) is 38.1 Å². The van der Waals surface area contributed by atoms with Crippen molar-refractivity contribution in [2.45, 2.75) is 26.3 Å². The van der Waals surface area contributed by atoms with Gasteiger partial charge in [0.15, 0.2) is 5.96 Å². The van der Waals surface area contributed by atoms with E-state index in [1.807, 2.05) is 23.9 Å². The second-order valence-electron chi connectivity index (χ2n) is 6.87. The molecule has 0 atom stereocenters. The molecule has 0 aromatic heterocycles. The molecule has 26 heavy (non-hydrogen) atoms. The molecule has 1 heterocycles. The first-order valence-electron chi connectivity index (χ1n) is 9.20. The minimum Gasteiger partial charge on any atom is -0.370 e. The molecule has 1 aliphatic rings. The molecule has 1 fully saturated rings. The molecule has 138 valence electrons. The van der Waals surface area contributed by atoms with Gasteiger partial charge in [0, 0.05) is 36.0 Å². The van der Waals surface area contributed by atoms with Gasteiger partial charge in [0.25, 0.3) is 0 Å². The number of aliphatic imine (C=N–C) groups is 1. The number of nitrogens with one attached hydrogen (secondary N) is 1. The first kappa shape index (κ1) is 18.6. The lowest BCUT2D eigenvalue weighted by molar-refractivity contribution is 0.858. The summed E-state index contributed by atoms with van der Waals surface area (Å²) in [6.07, 6.45) is 0. The van der Waals surface area contributed by atoms with Crippen LogP contribution < -0.4 is 16.0 Å². The van der Waals surface area contributed by atoms with E-state index in [9.17, 15) is 0 Å². The normalized spacial score (nSPS) is 15.3. The second kappa shape index (κ2) is 8.99. The summed E-state index contributed by atoms with van der Waals surface area (Å²) >= 11 is 2.03. The quantitative estimate of drug-likeness (QED) is 0.611. The van der Waals surface area contributed by atoms with Crippen molar-refractivity contribution >= 4 is 29.1 Å². The summed E-state index contributed by atoms with van der Waals surface area (Å²) in [6, 6.07) is 17.0. The van der Waals surface area contributed by atoms with Gasteiger partial charge >= 0.3 is 0 Å². The fourth-order valence-corrected chi connectivity index (χ4v) is 3.88. The molecule has 0 spiro atoms. The Morgan fingerprint density at radius 3 is 2.58 bits per heavy atom. The van der Waals surface area contributed by atoms with Gasteiger partial charge in [-0.05, 0) is 41.3 Å². The predicted octanol–water partition coefficient (Wildman–Crippen LogP) is 4.29. The highest BCUT2D eigenvalue weighted by atomic mass is 32.2. The van der Waals surface area contributed by atoms with Gasteiger partial charge in [0.2, 0.25) is 0 Å². The van der Waals surface area contributed by atoms with Crippen LogP contribution in [0.2, 0.25) is 0 Å². The molecule has 0 amide bonds. The van der Waals surface area contributed by atoms with Crippen molar-refractivity contribution in [1.82, 2.24) is 0 Å². The predicted molar refractivity (Wildman–Crippen MR) is 115 cm³/mol. The minimum atomic E-state index is 0.447. The van der Waals surface area contributed by atoms with Crippen LogP contribution in [0.3, 0.4) is 0 Å². The highest BCUT2D eigenvalue weighted by Gasteiger charge is 2.10. The summed E-state index contributed by atoms with van der Waals surface area (Å²) in [4.78, 5) is 6.92. The standard InChI is InChI=1S/C21H28N4S/c1-16(2)18-4-3-5-19(14-18)24-21(22)23-15-17-6-8-20(9-7-17)25-10-12-26-13-11-25/h3-9,14,16H,10-13,15H2,1-2H3,(H3,22,23,24). The summed E-state index contributed by atoms with van der Waals surface area (Å²) in [5.74, 6) is 3.37. The van der Waals surface area contributed by atoms with E-state index < -0.39 is 0 Å². The Kier molecular flexibility index (Phi) is 6.45. The average Bonchev–Trinajstić information content (AvgIpc) is 2.68. The maximum Gasteiger partial charge on any atom is 0.193 e. The third-order valence-corrected chi connectivity index (χ3v) is 5.51. The van der Waals surface area contributed by atoms with Crippen LogP contribution in [-0.2, 0) is 6.54 Å². The molecule has 5 heteroatoms. The van der Waals surface area contributed by atoms with Crippen LogP contribution in [0.1, 0.15) is 30.9 Å². The van der Waals surface area contributed by atoms with Gasteiger partial charge in [-0.15, -0.1) is 0 Å². The highest BCUT2D eigenvalue weighted by Crippen LogP contribution is 2.20. The molecule has 1 aliphatic heterocycles. The van der Waals surface area contributed by atoms with E-state index in [1.165, 1.54) is 28.3 Å². The fourth-order valence-electron chi connectivity index (χ4n) is 2.97. The molecule has 0 saturated carbocycles. The molecule has 3 rings (SSSR count). The van der Waals surface area contributed by atoms with E-state index in [4.69, 9.17) is 5.73 Å². The van der Waals surface area contributed by atoms with Crippen molar-refractivity contribution in [3.8, 4) is 0 Å². The van der Waals surface area contributed by atoms with Crippen LogP contribution in [0.15, 0.2) is 53.5 Å². The third-order valence-electron chi connectivity index (χ3n) is 4.57. The maximum atomic E-state index is 6.05. The van der Waals surface area contributed by atoms with E-state index in [0.717, 1.165) is 18.8 Å². The summed E-state index contributed by atoms with van der Waals surface area (Å²) < 4.78 is 0. The van der Waals surface area contributed by atoms with E-state index in [0.29, 0.717) is 18.4 Å². The zero-order valence-electron chi connectivity index (χ0n) is 15.6. The first-order chi connectivity index (χ1) is 12.6. The van der Waals surface area contributed by atoms with Crippen LogP contribution in [-0.4, -0.2) is 30.6 Å². The molecular formula is C21H28N4S. The first-order valence-corrected chi connectivity index (χ1v) is 10.4. The Bertz CT molecular complexity index is 734. The molecule has 3 N–H and O–H groups in total. The van der Waals surface area contributed by atoms with Crippen molar-refractivity contribution in [1.29, 1.82) is 0 Å². The zero-order valence-corrected chi connectivity index (χ0v) is 16.4. The Morgan fingerprint density at radius 2 is 1.88 bits per heavy atom. The molecule has 0 aliphatic carbocycles. The largest absolute Gasteiger partial charge is 0.370 e. The number of guanidine groups is 1. The third kappa shape index (κ3) is 5.18. The molecule has 0 bridgehead atoms. The zero-order chi connectivity index (χ0) is 18.4. The van der Waals surface area contributed by atoms with E-state index >= 15 is 0 Å². The number of rotatable bonds is 5. The summed E-state index contributed by atoms with van der Waals surface area (Å²) in [5.41, 5.74) is 10.8. The van der Waals surface area contributed by atoms with Gasteiger partial charge in [0.05, 0.1) is 6.54 Å². The summed E-state index contributed by atoms with van der Waals surface area (Å²) in [5, 5.41) is 3.19. The Morgan fingerprint density at radius 1 is 1.15 bits per heavy atom. The number of benzene rings is 2. The number of thioether (sulfide) groups is 1.